The molecule has 36 heavy (non-hydrogen) atoms. The Morgan fingerprint density at radius 1 is 1.00 bits per heavy atom. The van der Waals surface area contributed by atoms with Crippen LogP contribution < -0.4 is 10.6 Å². The van der Waals surface area contributed by atoms with E-state index in [9.17, 15) is 14.4 Å². The Labute approximate surface area is 212 Å². The summed E-state index contributed by atoms with van der Waals surface area (Å²) in [6.07, 6.45) is 2.94. The molecule has 4 amide bonds. The smallest absolute Gasteiger partial charge is 0.319 e. The first-order valence-electron chi connectivity index (χ1n) is 12.6. The van der Waals surface area contributed by atoms with Crippen LogP contribution in [0.1, 0.15) is 65.6 Å². The number of hydrogen-bond acceptors (Lipinski definition) is 4. The number of carbonyl (C=O) groups excluding carboxylic acids is 3. The van der Waals surface area contributed by atoms with Crippen molar-refractivity contribution in [3.05, 3.63) is 64.7 Å². The Bertz CT molecular complexity index is 1160. The van der Waals surface area contributed by atoms with E-state index in [4.69, 9.17) is 5.26 Å². The van der Waals surface area contributed by atoms with Crippen molar-refractivity contribution in [2.45, 2.75) is 51.5 Å². The van der Waals surface area contributed by atoms with Crippen LogP contribution in [0.5, 0.6) is 0 Å². The van der Waals surface area contributed by atoms with Gasteiger partial charge in [0.2, 0.25) is 5.91 Å². The minimum absolute atomic E-state index is 0.0405. The maximum Gasteiger partial charge on any atom is 0.319 e. The second kappa shape index (κ2) is 11.3. The fourth-order valence-corrected chi connectivity index (χ4v) is 4.99. The molecule has 8 heteroatoms. The monoisotopic (exact) mass is 487 g/mol. The summed E-state index contributed by atoms with van der Waals surface area (Å²) in [6, 6.07) is 14.8. The summed E-state index contributed by atoms with van der Waals surface area (Å²) in [5.41, 5.74) is 3.88. The number of nitrogens with one attached hydrogen (secondary N) is 2. The molecule has 2 heterocycles. The van der Waals surface area contributed by atoms with E-state index < -0.39 is 0 Å². The number of hydrogen-bond donors (Lipinski definition) is 2. The SMILES string of the molecule is CCC(=O)N1CC[C@H](NC(=O)Nc2cc(C(=O)N3CCC(c4ccc(C#N)cc4)CC3)ccc2C)C1. The molecule has 2 fully saturated rings. The first-order chi connectivity index (χ1) is 17.4. The van der Waals surface area contributed by atoms with Gasteiger partial charge >= 0.3 is 6.03 Å². The third-order valence-electron chi connectivity index (χ3n) is 7.20. The van der Waals surface area contributed by atoms with Crippen LogP contribution in [0.2, 0.25) is 0 Å². The van der Waals surface area contributed by atoms with Crippen molar-refractivity contribution < 1.29 is 14.4 Å². The van der Waals surface area contributed by atoms with E-state index in [1.165, 1.54) is 5.56 Å². The third kappa shape index (κ3) is 5.85. The summed E-state index contributed by atoms with van der Waals surface area (Å²) < 4.78 is 0. The molecule has 8 nitrogen and oxygen atoms in total. The fourth-order valence-electron chi connectivity index (χ4n) is 4.99. The molecule has 0 radical (unpaired) electrons. The highest BCUT2D eigenvalue weighted by atomic mass is 16.2. The molecule has 0 aromatic heterocycles. The Kier molecular flexibility index (Phi) is 7.89. The lowest BCUT2D eigenvalue weighted by atomic mass is 9.89. The Balaban J connectivity index is 1.33. The van der Waals surface area contributed by atoms with Gasteiger partial charge in [0.1, 0.15) is 0 Å². The zero-order valence-electron chi connectivity index (χ0n) is 20.9. The van der Waals surface area contributed by atoms with Crippen molar-refractivity contribution in [1.29, 1.82) is 5.26 Å². The predicted octanol–water partition coefficient (Wildman–Crippen LogP) is 4.02. The summed E-state index contributed by atoms with van der Waals surface area (Å²) >= 11 is 0. The van der Waals surface area contributed by atoms with Gasteiger partial charge in [0.05, 0.1) is 11.6 Å². The number of rotatable bonds is 5. The van der Waals surface area contributed by atoms with Crippen LogP contribution in [-0.2, 0) is 4.79 Å². The van der Waals surface area contributed by atoms with Crippen molar-refractivity contribution in [3.8, 4) is 6.07 Å². The summed E-state index contributed by atoms with van der Waals surface area (Å²) in [5.74, 6) is 0.434. The van der Waals surface area contributed by atoms with E-state index in [0.717, 1.165) is 24.8 Å². The van der Waals surface area contributed by atoms with Crippen molar-refractivity contribution in [2.75, 3.05) is 31.5 Å². The van der Waals surface area contributed by atoms with E-state index in [0.29, 0.717) is 55.3 Å². The number of urea groups is 1. The van der Waals surface area contributed by atoms with Crippen molar-refractivity contribution in [1.82, 2.24) is 15.1 Å². The number of benzene rings is 2. The molecule has 1 atom stereocenters. The number of nitriles is 1. The molecule has 2 aromatic carbocycles. The van der Waals surface area contributed by atoms with Gasteiger partial charge in [0.15, 0.2) is 0 Å². The predicted molar refractivity (Wildman–Crippen MR) is 138 cm³/mol. The van der Waals surface area contributed by atoms with E-state index in [2.05, 4.69) is 16.7 Å². The van der Waals surface area contributed by atoms with Gasteiger partial charge in [-0.3, -0.25) is 9.59 Å². The first kappa shape index (κ1) is 25.2. The van der Waals surface area contributed by atoms with E-state index in [1.807, 2.05) is 49.1 Å². The number of aryl methyl sites for hydroxylation is 1. The molecule has 0 unspecified atom stereocenters. The number of likely N-dealkylation sites (tertiary alicyclic amines) is 2. The lowest BCUT2D eigenvalue weighted by Crippen LogP contribution is -2.40. The lowest BCUT2D eigenvalue weighted by molar-refractivity contribution is -0.129. The Morgan fingerprint density at radius 2 is 1.69 bits per heavy atom. The topological polar surface area (TPSA) is 106 Å². The average molecular weight is 488 g/mol. The highest BCUT2D eigenvalue weighted by Gasteiger charge is 2.27. The van der Waals surface area contributed by atoms with Crippen molar-refractivity contribution >= 4 is 23.5 Å². The highest BCUT2D eigenvalue weighted by Crippen LogP contribution is 2.29. The normalized spacial score (nSPS) is 18.0. The van der Waals surface area contributed by atoms with Gasteiger partial charge in [0.25, 0.3) is 5.91 Å². The van der Waals surface area contributed by atoms with E-state index >= 15 is 0 Å². The lowest BCUT2D eigenvalue weighted by Gasteiger charge is -2.32. The number of carbonyl (C=O) groups is 3. The molecule has 4 rings (SSSR count). The van der Waals surface area contributed by atoms with Gasteiger partial charge in [-0.2, -0.15) is 5.26 Å². The van der Waals surface area contributed by atoms with Gasteiger partial charge in [-0.25, -0.2) is 4.79 Å². The minimum atomic E-state index is -0.332. The zero-order chi connectivity index (χ0) is 25.7. The summed E-state index contributed by atoms with van der Waals surface area (Å²) in [4.78, 5) is 41.4. The summed E-state index contributed by atoms with van der Waals surface area (Å²) in [5, 5.41) is 14.8. The van der Waals surface area contributed by atoms with Gasteiger partial charge < -0.3 is 20.4 Å². The minimum Gasteiger partial charge on any atom is -0.341 e. The Hall–Kier alpha value is -3.86. The third-order valence-corrected chi connectivity index (χ3v) is 7.20. The van der Waals surface area contributed by atoms with Crippen LogP contribution in [0.15, 0.2) is 42.5 Å². The molecule has 188 valence electrons. The van der Waals surface area contributed by atoms with Crippen LogP contribution in [0.4, 0.5) is 10.5 Å². The average Bonchev–Trinajstić information content (AvgIpc) is 3.37. The number of amides is 4. The van der Waals surface area contributed by atoms with E-state index in [1.54, 1.807) is 17.0 Å². The zero-order valence-corrected chi connectivity index (χ0v) is 20.9. The number of nitrogens with zero attached hydrogens (tertiary/aromatic N) is 3. The molecule has 0 saturated carbocycles. The quantitative estimate of drug-likeness (QED) is 0.664. The number of piperidine rings is 1. The molecule has 2 aliphatic heterocycles. The largest absolute Gasteiger partial charge is 0.341 e. The van der Waals surface area contributed by atoms with Crippen LogP contribution >= 0.6 is 0 Å². The molecule has 2 aromatic rings. The standard InChI is InChI=1S/C28H33N5O3/c1-3-26(34)33-15-12-24(18-33)30-28(36)31-25-16-23(7-4-19(25)2)27(35)32-13-10-22(11-14-32)21-8-5-20(17-29)6-9-21/h4-9,16,22,24H,3,10-15,18H2,1-2H3,(H2,30,31,36)/t24-/m0/s1. The van der Waals surface area contributed by atoms with Gasteiger partial charge in [-0.1, -0.05) is 25.1 Å². The molecular weight excluding hydrogens is 454 g/mol. The van der Waals surface area contributed by atoms with Gasteiger partial charge in [-0.05, 0) is 67.5 Å². The highest BCUT2D eigenvalue weighted by molar-refractivity contribution is 5.97. The molecule has 2 saturated heterocycles. The summed E-state index contributed by atoms with van der Waals surface area (Å²) in [6.45, 7) is 6.23. The van der Waals surface area contributed by atoms with Crippen LogP contribution in [0.25, 0.3) is 0 Å². The van der Waals surface area contributed by atoms with E-state index in [-0.39, 0.29) is 23.9 Å². The first-order valence-corrected chi connectivity index (χ1v) is 12.6. The second-order valence-corrected chi connectivity index (χ2v) is 9.61. The van der Waals surface area contributed by atoms with Gasteiger partial charge in [0, 0.05) is 49.9 Å². The summed E-state index contributed by atoms with van der Waals surface area (Å²) in [7, 11) is 0. The van der Waals surface area contributed by atoms with Crippen molar-refractivity contribution in [2.24, 2.45) is 0 Å². The molecule has 2 N–H and O–H groups in total. The molecule has 2 aliphatic rings. The maximum atomic E-state index is 13.2. The molecular formula is C28H33N5O3. The fraction of sp³-hybridized carbons (Fsp3) is 0.429. The molecule has 0 bridgehead atoms. The molecule has 0 spiro atoms. The maximum absolute atomic E-state index is 13.2. The van der Waals surface area contributed by atoms with Crippen LogP contribution in [-0.4, -0.2) is 59.9 Å². The second-order valence-electron chi connectivity index (χ2n) is 9.61. The number of anilines is 1. The van der Waals surface area contributed by atoms with Crippen LogP contribution in [0, 0.1) is 18.3 Å². The molecule has 0 aliphatic carbocycles. The van der Waals surface area contributed by atoms with Gasteiger partial charge in [-0.15, -0.1) is 0 Å². The van der Waals surface area contributed by atoms with Crippen molar-refractivity contribution in [3.63, 3.8) is 0 Å². The Morgan fingerprint density at radius 3 is 2.36 bits per heavy atom. The van der Waals surface area contributed by atoms with Crippen LogP contribution in [0.3, 0.4) is 0 Å².